The molecule has 0 bridgehead atoms. The van der Waals surface area contributed by atoms with Gasteiger partial charge in [-0.3, -0.25) is 0 Å². The lowest BCUT2D eigenvalue weighted by Crippen LogP contribution is -2.27. The number of nitrogens with two attached hydrogens (primary N) is 1. The third-order valence-corrected chi connectivity index (χ3v) is 1.64. The van der Waals surface area contributed by atoms with E-state index in [2.05, 4.69) is 0 Å². The van der Waals surface area contributed by atoms with Crippen molar-refractivity contribution in [1.29, 1.82) is 5.26 Å². The van der Waals surface area contributed by atoms with Gasteiger partial charge in [0.25, 0.3) is 0 Å². The molecule has 0 radical (unpaired) electrons. The molecule has 0 aliphatic heterocycles. The van der Waals surface area contributed by atoms with Crippen LogP contribution < -0.4 is 10.5 Å². The fourth-order valence-corrected chi connectivity index (χ4v) is 0.935. The summed E-state index contributed by atoms with van der Waals surface area (Å²) < 4.78 is 18.1. The van der Waals surface area contributed by atoms with Crippen molar-refractivity contribution in [3.05, 3.63) is 30.1 Å². The molecule has 0 fully saturated rings. The predicted molar refractivity (Wildman–Crippen MR) is 50.1 cm³/mol. The Morgan fingerprint density at radius 3 is 2.86 bits per heavy atom. The summed E-state index contributed by atoms with van der Waals surface area (Å²) in [6, 6.07) is 7.63. The average molecular weight is 194 g/mol. The quantitative estimate of drug-likeness (QED) is 0.789. The normalized spacial score (nSPS) is 11.8. The lowest BCUT2D eigenvalue weighted by atomic mass is 10.2. The van der Waals surface area contributed by atoms with E-state index in [9.17, 15) is 4.39 Å². The zero-order valence-corrected chi connectivity index (χ0v) is 7.61. The lowest BCUT2D eigenvalue weighted by Gasteiger charge is -2.10. The summed E-state index contributed by atoms with van der Waals surface area (Å²) >= 11 is 0. The van der Waals surface area contributed by atoms with Crippen LogP contribution in [0.2, 0.25) is 0 Å². The molecule has 0 aliphatic rings. The summed E-state index contributed by atoms with van der Waals surface area (Å²) in [6.07, 6.45) is 0.203. The van der Waals surface area contributed by atoms with Gasteiger partial charge >= 0.3 is 0 Å². The van der Waals surface area contributed by atoms with Crippen LogP contribution in [0.5, 0.6) is 5.75 Å². The van der Waals surface area contributed by atoms with Gasteiger partial charge in [0.05, 0.1) is 18.5 Å². The minimum Gasteiger partial charge on any atom is -0.489 e. The minimum absolute atomic E-state index is 0.147. The molecule has 2 N–H and O–H groups in total. The second-order valence-corrected chi connectivity index (χ2v) is 2.86. The fourth-order valence-electron chi connectivity index (χ4n) is 0.935. The summed E-state index contributed by atoms with van der Waals surface area (Å²) in [5.74, 6) is -0.252. The topological polar surface area (TPSA) is 59.0 Å². The molecule has 0 amide bonds. The van der Waals surface area contributed by atoms with Gasteiger partial charge in [-0.05, 0) is 12.1 Å². The molecule has 1 rings (SSSR count). The van der Waals surface area contributed by atoms with Gasteiger partial charge in [0, 0.05) is 0 Å². The van der Waals surface area contributed by atoms with E-state index >= 15 is 0 Å². The van der Waals surface area contributed by atoms with Crippen LogP contribution in [0.15, 0.2) is 24.3 Å². The highest BCUT2D eigenvalue weighted by atomic mass is 19.1. The van der Waals surface area contributed by atoms with E-state index in [0.29, 0.717) is 0 Å². The second kappa shape index (κ2) is 5.20. The van der Waals surface area contributed by atoms with Crippen molar-refractivity contribution in [3.8, 4) is 11.8 Å². The molecule has 1 unspecified atom stereocenters. The van der Waals surface area contributed by atoms with Gasteiger partial charge in [0.1, 0.15) is 6.61 Å². The molecule has 0 spiro atoms. The molecule has 3 nitrogen and oxygen atoms in total. The van der Waals surface area contributed by atoms with Crippen LogP contribution in [0, 0.1) is 17.1 Å². The van der Waals surface area contributed by atoms with Gasteiger partial charge in [0.15, 0.2) is 11.6 Å². The third kappa shape index (κ3) is 3.04. The van der Waals surface area contributed by atoms with Crippen LogP contribution in [0.25, 0.3) is 0 Å². The number of nitrogens with zero attached hydrogens (tertiary/aromatic N) is 1. The average Bonchev–Trinajstić information content (AvgIpc) is 2.17. The van der Waals surface area contributed by atoms with Crippen molar-refractivity contribution < 1.29 is 9.13 Å². The maximum atomic E-state index is 13.0. The summed E-state index contributed by atoms with van der Waals surface area (Å²) in [4.78, 5) is 0. The van der Waals surface area contributed by atoms with Crippen molar-refractivity contribution in [2.75, 3.05) is 6.61 Å². The van der Waals surface area contributed by atoms with E-state index in [-0.39, 0.29) is 24.8 Å². The number of hydrogen-bond donors (Lipinski definition) is 1. The van der Waals surface area contributed by atoms with Crippen LogP contribution in [0.4, 0.5) is 4.39 Å². The van der Waals surface area contributed by atoms with Crippen molar-refractivity contribution in [1.82, 2.24) is 0 Å². The summed E-state index contributed by atoms with van der Waals surface area (Å²) in [5, 5.41) is 8.33. The molecule has 1 aromatic rings. The first-order chi connectivity index (χ1) is 6.74. The van der Waals surface area contributed by atoms with Gasteiger partial charge in [-0.2, -0.15) is 5.26 Å². The molecule has 14 heavy (non-hydrogen) atoms. The van der Waals surface area contributed by atoms with Gasteiger partial charge in [-0.25, -0.2) is 4.39 Å². The van der Waals surface area contributed by atoms with Crippen LogP contribution in [0.3, 0.4) is 0 Å². The monoisotopic (exact) mass is 194 g/mol. The Kier molecular flexibility index (Phi) is 3.89. The fraction of sp³-hybridized carbons (Fsp3) is 0.300. The largest absolute Gasteiger partial charge is 0.489 e. The second-order valence-electron chi connectivity index (χ2n) is 2.86. The number of nitriles is 1. The Bertz CT molecular complexity index is 335. The first kappa shape index (κ1) is 10.5. The highest BCUT2D eigenvalue weighted by molar-refractivity contribution is 5.23. The van der Waals surface area contributed by atoms with E-state index in [1.807, 2.05) is 6.07 Å². The first-order valence-corrected chi connectivity index (χ1v) is 4.24. The molecule has 0 saturated heterocycles. The van der Waals surface area contributed by atoms with Gasteiger partial charge in [-0.15, -0.1) is 0 Å². The molecule has 0 aromatic heterocycles. The maximum Gasteiger partial charge on any atom is 0.165 e. The molecule has 0 aliphatic carbocycles. The highest BCUT2D eigenvalue weighted by Crippen LogP contribution is 2.15. The summed E-state index contributed by atoms with van der Waals surface area (Å²) in [5.41, 5.74) is 5.51. The molecule has 1 aromatic carbocycles. The maximum absolute atomic E-state index is 13.0. The van der Waals surface area contributed by atoms with Crippen molar-refractivity contribution in [2.24, 2.45) is 5.73 Å². The predicted octanol–water partition coefficient (Wildman–Crippen LogP) is 1.45. The lowest BCUT2D eigenvalue weighted by molar-refractivity contribution is 0.277. The molecule has 1 atom stereocenters. The smallest absolute Gasteiger partial charge is 0.165 e. The number of ether oxygens (including phenoxy) is 1. The Labute approximate surface area is 81.9 Å². The van der Waals surface area contributed by atoms with E-state index in [4.69, 9.17) is 15.7 Å². The van der Waals surface area contributed by atoms with Crippen LogP contribution in [-0.4, -0.2) is 12.6 Å². The zero-order valence-electron chi connectivity index (χ0n) is 7.61. The van der Waals surface area contributed by atoms with Gasteiger partial charge < -0.3 is 10.5 Å². The van der Waals surface area contributed by atoms with E-state index in [1.165, 1.54) is 12.1 Å². The molecule has 0 heterocycles. The number of benzene rings is 1. The van der Waals surface area contributed by atoms with E-state index < -0.39 is 5.82 Å². The van der Waals surface area contributed by atoms with Gasteiger partial charge in [-0.1, -0.05) is 12.1 Å². The molecular weight excluding hydrogens is 183 g/mol. The highest BCUT2D eigenvalue weighted by Gasteiger charge is 2.05. The molecule has 0 saturated carbocycles. The van der Waals surface area contributed by atoms with Crippen LogP contribution in [0.1, 0.15) is 6.42 Å². The van der Waals surface area contributed by atoms with Crippen molar-refractivity contribution in [2.45, 2.75) is 12.5 Å². The molecule has 74 valence electrons. The SMILES string of the molecule is N#CCC(N)COc1ccccc1F. The number of rotatable bonds is 4. The first-order valence-electron chi connectivity index (χ1n) is 4.24. The Hall–Kier alpha value is -1.60. The molecular formula is C10H11FN2O. The van der Waals surface area contributed by atoms with E-state index in [0.717, 1.165) is 0 Å². The van der Waals surface area contributed by atoms with Gasteiger partial charge in [0.2, 0.25) is 0 Å². The number of para-hydroxylation sites is 1. The zero-order chi connectivity index (χ0) is 10.4. The number of halogens is 1. The summed E-state index contributed by atoms with van der Waals surface area (Å²) in [7, 11) is 0. The van der Waals surface area contributed by atoms with Crippen LogP contribution >= 0.6 is 0 Å². The summed E-state index contributed by atoms with van der Waals surface area (Å²) in [6.45, 7) is 0.147. The van der Waals surface area contributed by atoms with Crippen molar-refractivity contribution in [3.63, 3.8) is 0 Å². The van der Waals surface area contributed by atoms with Crippen LogP contribution in [-0.2, 0) is 0 Å². The third-order valence-electron chi connectivity index (χ3n) is 1.64. The standard InChI is InChI=1S/C10H11FN2O/c11-9-3-1-2-4-10(9)14-7-8(13)5-6-12/h1-4,8H,5,7,13H2. The minimum atomic E-state index is -0.420. The van der Waals surface area contributed by atoms with Crippen molar-refractivity contribution >= 4 is 0 Å². The Morgan fingerprint density at radius 1 is 1.50 bits per heavy atom. The van der Waals surface area contributed by atoms with E-state index in [1.54, 1.807) is 12.1 Å². The Balaban J connectivity index is 2.46. The Morgan fingerprint density at radius 2 is 2.21 bits per heavy atom. The number of hydrogen-bond acceptors (Lipinski definition) is 3. The molecule has 4 heteroatoms.